The molecular formula is C16H20F4N2. The molecule has 2 nitrogen and oxygen atoms in total. The van der Waals surface area contributed by atoms with Crippen LogP contribution in [0.4, 0.5) is 17.6 Å². The Bertz CT molecular complexity index is 507. The quantitative estimate of drug-likeness (QED) is 0.657. The lowest BCUT2D eigenvalue weighted by Gasteiger charge is -2.35. The van der Waals surface area contributed by atoms with E-state index in [0.29, 0.717) is 24.5 Å². The van der Waals surface area contributed by atoms with E-state index in [4.69, 9.17) is 0 Å². The summed E-state index contributed by atoms with van der Waals surface area (Å²) in [5.74, 6) is -0.789. The Balaban J connectivity index is 2.28. The van der Waals surface area contributed by atoms with E-state index >= 15 is 0 Å². The van der Waals surface area contributed by atoms with Crippen LogP contribution >= 0.6 is 0 Å². The summed E-state index contributed by atoms with van der Waals surface area (Å²) >= 11 is 0. The van der Waals surface area contributed by atoms with Crippen LogP contribution in [0.3, 0.4) is 0 Å². The molecule has 6 heteroatoms. The lowest BCUT2D eigenvalue weighted by molar-refractivity contribution is -0.137. The van der Waals surface area contributed by atoms with Crippen molar-refractivity contribution in [2.75, 3.05) is 26.2 Å². The average Bonchev–Trinajstić information content (AvgIpc) is 2.49. The second-order valence-electron chi connectivity index (χ2n) is 5.40. The monoisotopic (exact) mass is 316 g/mol. The molecule has 22 heavy (non-hydrogen) atoms. The van der Waals surface area contributed by atoms with E-state index in [1.54, 1.807) is 6.08 Å². The highest BCUT2D eigenvalue weighted by atomic mass is 19.4. The summed E-state index contributed by atoms with van der Waals surface area (Å²) in [6.07, 6.45) is -1.44. The zero-order valence-corrected chi connectivity index (χ0v) is 12.3. The summed E-state index contributed by atoms with van der Waals surface area (Å²) in [5.41, 5.74) is -0.617. The summed E-state index contributed by atoms with van der Waals surface area (Å²) < 4.78 is 52.2. The minimum Gasteiger partial charge on any atom is -0.314 e. The van der Waals surface area contributed by atoms with Crippen molar-refractivity contribution < 1.29 is 17.6 Å². The van der Waals surface area contributed by atoms with Gasteiger partial charge in [-0.1, -0.05) is 12.1 Å². The summed E-state index contributed by atoms with van der Waals surface area (Å²) in [6, 6.07) is 2.61. The second-order valence-corrected chi connectivity index (χ2v) is 5.40. The standard InChI is InChI=1S/C16H20F4N2/c1-2-3-4-15(22-9-7-21-8-10-22)13-6-5-12(11-14(13)17)16(18,19)20/h2,5-6,11,15,21H,1,3-4,7-10H2/t15-/m0/s1. The van der Waals surface area contributed by atoms with Gasteiger partial charge in [0.25, 0.3) is 0 Å². The maximum Gasteiger partial charge on any atom is 0.416 e. The predicted molar refractivity (Wildman–Crippen MR) is 78.0 cm³/mol. The first-order valence-corrected chi connectivity index (χ1v) is 7.36. The number of nitrogens with zero attached hydrogens (tertiary/aromatic N) is 1. The number of allylic oxidation sites excluding steroid dienone is 1. The second kappa shape index (κ2) is 7.24. The highest BCUT2D eigenvalue weighted by Gasteiger charge is 2.32. The van der Waals surface area contributed by atoms with Crippen molar-refractivity contribution in [1.29, 1.82) is 0 Å². The van der Waals surface area contributed by atoms with E-state index in [1.807, 2.05) is 0 Å². The normalized spacial score (nSPS) is 18.2. The van der Waals surface area contributed by atoms with Gasteiger partial charge < -0.3 is 5.32 Å². The van der Waals surface area contributed by atoms with E-state index in [2.05, 4.69) is 16.8 Å². The Morgan fingerprint density at radius 2 is 1.95 bits per heavy atom. The Labute approximate surface area is 127 Å². The molecule has 1 atom stereocenters. The van der Waals surface area contributed by atoms with Gasteiger partial charge in [0, 0.05) is 37.8 Å². The highest BCUT2D eigenvalue weighted by Crippen LogP contribution is 2.34. The third kappa shape index (κ3) is 4.08. The average molecular weight is 316 g/mol. The smallest absolute Gasteiger partial charge is 0.314 e. The van der Waals surface area contributed by atoms with Gasteiger partial charge in [0.1, 0.15) is 5.82 Å². The Hall–Kier alpha value is -1.40. The molecule has 1 N–H and O–H groups in total. The van der Waals surface area contributed by atoms with Crippen LogP contribution in [-0.2, 0) is 6.18 Å². The van der Waals surface area contributed by atoms with Crippen LogP contribution in [0.5, 0.6) is 0 Å². The minimum atomic E-state index is -4.52. The molecule has 0 bridgehead atoms. The third-order valence-electron chi connectivity index (χ3n) is 3.92. The molecule has 122 valence electrons. The first-order chi connectivity index (χ1) is 10.4. The number of benzene rings is 1. The summed E-state index contributed by atoms with van der Waals surface area (Å²) in [4.78, 5) is 2.12. The number of rotatable bonds is 5. The third-order valence-corrected chi connectivity index (χ3v) is 3.92. The minimum absolute atomic E-state index is 0.220. The molecule has 0 spiro atoms. The molecule has 1 aromatic carbocycles. The van der Waals surface area contributed by atoms with Crippen LogP contribution in [0.2, 0.25) is 0 Å². The molecule has 1 saturated heterocycles. The molecule has 1 aliphatic rings. The Morgan fingerprint density at radius 3 is 2.50 bits per heavy atom. The largest absolute Gasteiger partial charge is 0.416 e. The van der Waals surface area contributed by atoms with Crippen LogP contribution in [0.1, 0.15) is 30.0 Å². The van der Waals surface area contributed by atoms with Gasteiger partial charge >= 0.3 is 6.18 Å². The molecule has 0 aliphatic carbocycles. The van der Waals surface area contributed by atoms with Gasteiger partial charge in [-0.05, 0) is 25.0 Å². The van der Waals surface area contributed by atoms with Gasteiger partial charge in [-0.2, -0.15) is 13.2 Å². The van der Waals surface area contributed by atoms with Gasteiger partial charge in [-0.25, -0.2) is 4.39 Å². The molecule has 0 aromatic heterocycles. The van der Waals surface area contributed by atoms with Crippen molar-refractivity contribution in [3.63, 3.8) is 0 Å². The SMILES string of the molecule is C=CCC[C@@H](c1ccc(C(F)(F)F)cc1F)N1CCNCC1. The Morgan fingerprint density at radius 1 is 1.27 bits per heavy atom. The molecule has 2 rings (SSSR count). The zero-order chi connectivity index (χ0) is 16.2. The Kier molecular flexibility index (Phi) is 5.58. The van der Waals surface area contributed by atoms with Crippen LogP contribution in [0.25, 0.3) is 0 Å². The molecular weight excluding hydrogens is 296 g/mol. The van der Waals surface area contributed by atoms with E-state index in [9.17, 15) is 17.6 Å². The van der Waals surface area contributed by atoms with Crippen LogP contribution in [0, 0.1) is 5.82 Å². The fourth-order valence-corrected chi connectivity index (χ4v) is 2.78. The van der Waals surface area contributed by atoms with E-state index in [1.165, 1.54) is 6.07 Å². The van der Waals surface area contributed by atoms with Crippen molar-refractivity contribution >= 4 is 0 Å². The first kappa shape index (κ1) is 17.0. The maximum atomic E-state index is 14.2. The molecule has 0 unspecified atom stereocenters. The lowest BCUT2D eigenvalue weighted by atomic mass is 9.97. The van der Waals surface area contributed by atoms with Crippen molar-refractivity contribution in [3.8, 4) is 0 Å². The fourth-order valence-electron chi connectivity index (χ4n) is 2.78. The maximum absolute atomic E-state index is 14.2. The van der Waals surface area contributed by atoms with E-state index in [0.717, 1.165) is 32.2 Å². The number of nitrogens with one attached hydrogen (secondary N) is 1. The van der Waals surface area contributed by atoms with Crippen molar-refractivity contribution in [2.45, 2.75) is 25.1 Å². The van der Waals surface area contributed by atoms with Gasteiger partial charge in [-0.15, -0.1) is 6.58 Å². The van der Waals surface area contributed by atoms with Crippen molar-refractivity contribution in [1.82, 2.24) is 10.2 Å². The van der Waals surface area contributed by atoms with Crippen LogP contribution in [0.15, 0.2) is 30.9 Å². The molecule has 1 heterocycles. The van der Waals surface area contributed by atoms with Crippen LogP contribution < -0.4 is 5.32 Å². The topological polar surface area (TPSA) is 15.3 Å². The number of hydrogen-bond acceptors (Lipinski definition) is 2. The number of piperazine rings is 1. The first-order valence-electron chi connectivity index (χ1n) is 7.36. The molecule has 0 saturated carbocycles. The number of alkyl halides is 3. The summed E-state index contributed by atoms with van der Waals surface area (Å²) in [5, 5.41) is 3.22. The summed E-state index contributed by atoms with van der Waals surface area (Å²) in [7, 11) is 0. The summed E-state index contributed by atoms with van der Waals surface area (Å²) in [6.45, 7) is 6.77. The van der Waals surface area contributed by atoms with Crippen molar-refractivity contribution in [2.24, 2.45) is 0 Å². The number of hydrogen-bond donors (Lipinski definition) is 1. The fraction of sp³-hybridized carbons (Fsp3) is 0.500. The lowest BCUT2D eigenvalue weighted by Crippen LogP contribution is -2.45. The molecule has 1 aliphatic heterocycles. The number of halogens is 4. The molecule has 0 radical (unpaired) electrons. The highest BCUT2D eigenvalue weighted by molar-refractivity contribution is 5.29. The zero-order valence-electron chi connectivity index (χ0n) is 12.3. The molecule has 0 amide bonds. The van der Waals surface area contributed by atoms with Gasteiger partial charge in [0.05, 0.1) is 5.56 Å². The molecule has 1 aromatic rings. The van der Waals surface area contributed by atoms with Crippen LogP contribution in [-0.4, -0.2) is 31.1 Å². The molecule has 1 fully saturated rings. The van der Waals surface area contributed by atoms with E-state index in [-0.39, 0.29) is 6.04 Å². The van der Waals surface area contributed by atoms with Crippen molar-refractivity contribution in [3.05, 3.63) is 47.8 Å². The van der Waals surface area contributed by atoms with Gasteiger partial charge in [0.15, 0.2) is 0 Å². The van der Waals surface area contributed by atoms with Gasteiger partial charge in [0.2, 0.25) is 0 Å². The predicted octanol–water partition coefficient (Wildman–Crippen LogP) is 3.76. The van der Waals surface area contributed by atoms with Gasteiger partial charge in [-0.3, -0.25) is 4.90 Å². The van der Waals surface area contributed by atoms with E-state index < -0.39 is 17.6 Å².